The first-order valence-electron chi connectivity index (χ1n) is 8.72. The topological polar surface area (TPSA) is 212 Å². The van der Waals surface area contributed by atoms with Gasteiger partial charge in [-0.05, 0) is 18.2 Å². The van der Waals surface area contributed by atoms with Crippen molar-refractivity contribution < 1.29 is 43.7 Å². The third kappa shape index (κ3) is 4.49. The molecule has 2 rings (SSSR count). The molecule has 30 heavy (non-hydrogen) atoms. The van der Waals surface area contributed by atoms with Crippen LogP contribution in [-0.4, -0.2) is 81.9 Å². The summed E-state index contributed by atoms with van der Waals surface area (Å²) in [6, 6.07) is -2.52. The lowest BCUT2D eigenvalue weighted by molar-refractivity contribution is -0.201. The number of β-lactam (4-membered cyclic amide) rings is 1. The molecule has 1 fully saturated rings. The molecule has 0 saturated carbocycles. The molecular weight excluding hydrogens is 424 g/mol. The number of carbonyl (C=O) groups is 5. The lowest BCUT2D eigenvalue weighted by Crippen LogP contribution is -2.83. The number of nitrogens with two attached hydrogens (primary N) is 2. The minimum absolute atomic E-state index is 0.0635. The van der Waals surface area contributed by atoms with Crippen molar-refractivity contribution in [2.45, 2.75) is 42.4 Å². The van der Waals surface area contributed by atoms with Gasteiger partial charge in [-0.15, -0.1) is 11.8 Å². The normalized spacial score (nSPS) is 26.0. The number of thioether (sulfide) groups is 1. The van der Waals surface area contributed by atoms with Gasteiger partial charge >= 0.3 is 18.0 Å². The standard InChI is InChI=1S/C16H22N4O9S/c1-28-16(19-9(21)4-2-3-8(17)11(22)23)13(26)20-10(12(24)25)7(5-29-15(18)27)6-30-14(16)20/h6,8,10,14H,2-5,17H2,1H3,(H2,18,27)(H,19,21)(H,22,23)(H,24,25)/t8-,10-,14-,16-/m0/s1. The zero-order chi connectivity index (χ0) is 22.6. The number of primary amides is 1. The van der Waals surface area contributed by atoms with E-state index in [-0.39, 0.29) is 24.8 Å². The molecule has 0 aromatic heterocycles. The summed E-state index contributed by atoms with van der Waals surface area (Å²) >= 11 is 1.01. The maximum atomic E-state index is 12.8. The van der Waals surface area contributed by atoms with Gasteiger partial charge in [-0.2, -0.15) is 0 Å². The van der Waals surface area contributed by atoms with Crippen LogP contribution in [0, 0.1) is 0 Å². The molecule has 14 heteroatoms. The van der Waals surface area contributed by atoms with Gasteiger partial charge in [0.2, 0.25) is 5.91 Å². The summed E-state index contributed by atoms with van der Waals surface area (Å²) in [5.41, 5.74) is 8.63. The summed E-state index contributed by atoms with van der Waals surface area (Å²) in [5, 5.41) is 21.3. The van der Waals surface area contributed by atoms with Gasteiger partial charge in [-0.25, -0.2) is 9.59 Å². The van der Waals surface area contributed by atoms with E-state index in [9.17, 15) is 29.1 Å². The Labute approximate surface area is 174 Å². The van der Waals surface area contributed by atoms with Crippen molar-refractivity contribution in [2.75, 3.05) is 13.7 Å². The third-order valence-electron chi connectivity index (χ3n) is 4.63. The van der Waals surface area contributed by atoms with E-state index in [0.29, 0.717) is 0 Å². The molecular formula is C16H22N4O9S. The van der Waals surface area contributed by atoms with Gasteiger partial charge in [0.1, 0.15) is 18.0 Å². The number of rotatable bonds is 10. The second kappa shape index (κ2) is 9.32. The SMILES string of the molecule is CO[C@@]1(NC(=O)CCC[C@H](N)C(=O)O)C(=O)N2[C@H](C(=O)O)C(COC(N)=O)=CS[C@H]21. The van der Waals surface area contributed by atoms with Crippen LogP contribution in [0.2, 0.25) is 0 Å². The van der Waals surface area contributed by atoms with Crippen molar-refractivity contribution in [3.63, 3.8) is 0 Å². The predicted octanol–water partition coefficient (Wildman–Crippen LogP) is -1.62. The smallest absolute Gasteiger partial charge is 0.404 e. The first-order valence-corrected chi connectivity index (χ1v) is 9.66. The van der Waals surface area contributed by atoms with E-state index in [1.807, 2.05) is 0 Å². The lowest BCUT2D eigenvalue weighted by atomic mass is 9.94. The monoisotopic (exact) mass is 446 g/mol. The van der Waals surface area contributed by atoms with Crippen LogP contribution in [-0.2, 0) is 28.7 Å². The molecule has 2 aliphatic heterocycles. The minimum Gasteiger partial charge on any atom is -0.480 e. The van der Waals surface area contributed by atoms with Crippen molar-refractivity contribution in [1.82, 2.24) is 10.2 Å². The van der Waals surface area contributed by atoms with Crippen LogP contribution in [0.4, 0.5) is 4.79 Å². The lowest BCUT2D eigenvalue weighted by Gasteiger charge is -2.57. The fraction of sp³-hybridized carbons (Fsp3) is 0.562. The Bertz CT molecular complexity index is 789. The van der Waals surface area contributed by atoms with Gasteiger partial charge in [0.25, 0.3) is 11.6 Å². The largest absolute Gasteiger partial charge is 0.480 e. The van der Waals surface area contributed by atoms with E-state index < -0.39 is 59.6 Å². The van der Waals surface area contributed by atoms with Crippen LogP contribution in [0.5, 0.6) is 0 Å². The van der Waals surface area contributed by atoms with Crippen LogP contribution in [0.25, 0.3) is 0 Å². The molecule has 2 heterocycles. The Morgan fingerprint density at radius 3 is 2.57 bits per heavy atom. The van der Waals surface area contributed by atoms with Gasteiger partial charge in [-0.1, -0.05) is 0 Å². The first-order chi connectivity index (χ1) is 14.0. The van der Waals surface area contributed by atoms with E-state index >= 15 is 0 Å². The molecule has 0 radical (unpaired) electrons. The molecule has 0 aromatic carbocycles. The number of carbonyl (C=O) groups excluding carboxylic acids is 3. The summed E-state index contributed by atoms with van der Waals surface area (Å²) in [4.78, 5) is 59.3. The highest BCUT2D eigenvalue weighted by Crippen LogP contribution is 2.46. The Balaban J connectivity index is 2.10. The summed E-state index contributed by atoms with van der Waals surface area (Å²) in [7, 11) is 1.20. The second-order valence-corrected chi connectivity index (χ2v) is 7.52. The Morgan fingerprint density at radius 2 is 2.03 bits per heavy atom. The fourth-order valence-corrected chi connectivity index (χ4v) is 4.41. The third-order valence-corrected chi connectivity index (χ3v) is 5.88. The maximum Gasteiger partial charge on any atom is 0.404 e. The van der Waals surface area contributed by atoms with Gasteiger partial charge in [0.05, 0.1) is 0 Å². The van der Waals surface area contributed by atoms with Crippen molar-refractivity contribution in [2.24, 2.45) is 11.5 Å². The Kier molecular flexibility index (Phi) is 7.28. The second-order valence-electron chi connectivity index (χ2n) is 6.57. The highest BCUT2D eigenvalue weighted by molar-refractivity contribution is 8.03. The molecule has 2 aliphatic rings. The average molecular weight is 446 g/mol. The Hall–Kier alpha value is -2.84. The fourth-order valence-electron chi connectivity index (χ4n) is 3.12. The summed E-state index contributed by atoms with van der Waals surface area (Å²) in [5.74, 6) is -3.90. The Morgan fingerprint density at radius 1 is 1.37 bits per heavy atom. The number of nitrogens with zero attached hydrogens (tertiary/aromatic N) is 1. The van der Waals surface area contributed by atoms with Gasteiger partial charge < -0.3 is 41.4 Å². The number of aliphatic carboxylic acids is 2. The number of nitrogens with one attached hydrogen (secondary N) is 1. The number of fused-ring (bicyclic) bond motifs is 1. The molecule has 0 spiro atoms. The van der Waals surface area contributed by atoms with E-state index in [0.717, 1.165) is 16.7 Å². The molecule has 7 N–H and O–H groups in total. The molecule has 3 amide bonds. The van der Waals surface area contributed by atoms with Gasteiger partial charge in [0, 0.05) is 19.1 Å². The van der Waals surface area contributed by atoms with Gasteiger partial charge in [-0.3, -0.25) is 14.4 Å². The van der Waals surface area contributed by atoms with Crippen molar-refractivity contribution in [3.05, 3.63) is 11.0 Å². The number of hydrogen-bond donors (Lipinski definition) is 5. The van der Waals surface area contributed by atoms with Crippen LogP contribution < -0.4 is 16.8 Å². The predicted molar refractivity (Wildman–Crippen MR) is 101 cm³/mol. The first kappa shape index (κ1) is 23.4. The maximum absolute atomic E-state index is 12.8. The van der Waals surface area contributed by atoms with Gasteiger partial charge in [0.15, 0.2) is 6.04 Å². The molecule has 166 valence electrons. The zero-order valence-corrected chi connectivity index (χ0v) is 16.7. The number of carboxylic acids is 2. The van der Waals surface area contributed by atoms with Crippen LogP contribution >= 0.6 is 11.8 Å². The zero-order valence-electron chi connectivity index (χ0n) is 15.9. The molecule has 13 nitrogen and oxygen atoms in total. The number of methoxy groups -OCH3 is 1. The highest BCUT2D eigenvalue weighted by Gasteiger charge is 2.67. The van der Waals surface area contributed by atoms with Crippen molar-refractivity contribution in [3.8, 4) is 0 Å². The van der Waals surface area contributed by atoms with E-state index in [2.05, 4.69) is 10.1 Å². The number of carboxylic acid groups (broad SMARTS) is 2. The molecule has 1 saturated heterocycles. The minimum atomic E-state index is -1.78. The molecule has 0 unspecified atom stereocenters. The van der Waals surface area contributed by atoms with Crippen LogP contribution in [0.3, 0.4) is 0 Å². The average Bonchev–Trinajstić information content (AvgIpc) is 2.68. The number of ether oxygens (including phenoxy) is 2. The van der Waals surface area contributed by atoms with Crippen molar-refractivity contribution in [1.29, 1.82) is 0 Å². The number of hydrogen-bond acceptors (Lipinski definition) is 9. The van der Waals surface area contributed by atoms with E-state index in [4.69, 9.17) is 21.3 Å². The summed E-state index contributed by atoms with van der Waals surface area (Å²) < 4.78 is 9.89. The molecule has 4 atom stereocenters. The van der Waals surface area contributed by atoms with Crippen LogP contribution in [0.15, 0.2) is 11.0 Å². The molecule has 0 bridgehead atoms. The van der Waals surface area contributed by atoms with E-state index in [1.54, 1.807) is 0 Å². The summed E-state index contributed by atoms with van der Waals surface area (Å²) in [6.45, 7) is -0.411. The molecule has 0 aromatic rings. The van der Waals surface area contributed by atoms with Crippen molar-refractivity contribution >= 4 is 41.6 Å². The summed E-state index contributed by atoms with van der Waals surface area (Å²) in [6.07, 6.45) is -0.968. The quantitative estimate of drug-likeness (QED) is 0.190. The number of amides is 3. The molecule has 0 aliphatic carbocycles. The highest BCUT2D eigenvalue weighted by atomic mass is 32.2. The van der Waals surface area contributed by atoms with Crippen LogP contribution in [0.1, 0.15) is 19.3 Å². The van der Waals surface area contributed by atoms with E-state index in [1.165, 1.54) is 12.5 Å².